The molecule has 0 aromatic heterocycles. The molecular formula is C17H31Cl. The molecule has 0 spiro atoms. The average molecular weight is 271 g/mol. The highest BCUT2D eigenvalue weighted by atomic mass is 35.5. The van der Waals surface area contributed by atoms with E-state index < -0.39 is 0 Å². The lowest BCUT2D eigenvalue weighted by atomic mass is 9.66. The van der Waals surface area contributed by atoms with Crippen LogP contribution in [0.15, 0.2) is 0 Å². The molecule has 0 saturated heterocycles. The number of alkyl halides is 1. The monoisotopic (exact) mass is 270 g/mol. The van der Waals surface area contributed by atoms with E-state index in [2.05, 4.69) is 13.8 Å². The molecule has 106 valence electrons. The zero-order valence-electron chi connectivity index (χ0n) is 12.3. The van der Waals surface area contributed by atoms with E-state index in [9.17, 15) is 0 Å². The van der Waals surface area contributed by atoms with Gasteiger partial charge in [-0.05, 0) is 49.4 Å². The lowest BCUT2D eigenvalue weighted by Crippen LogP contribution is -2.32. The van der Waals surface area contributed by atoms with Gasteiger partial charge in [0.1, 0.15) is 0 Å². The maximum absolute atomic E-state index is 6.31. The zero-order valence-corrected chi connectivity index (χ0v) is 13.1. The van der Waals surface area contributed by atoms with Crippen LogP contribution in [0.25, 0.3) is 0 Å². The Morgan fingerprint density at radius 1 is 1.06 bits per heavy atom. The number of hydrogen-bond donors (Lipinski definition) is 0. The van der Waals surface area contributed by atoms with Gasteiger partial charge in [-0.3, -0.25) is 0 Å². The van der Waals surface area contributed by atoms with Crippen LogP contribution in [-0.4, -0.2) is 5.38 Å². The van der Waals surface area contributed by atoms with Crippen LogP contribution >= 0.6 is 11.6 Å². The fraction of sp³-hybridized carbons (Fsp3) is 1.00. The second-order valence-corrected chi connectivity index (χ2v) is 7.60. The normalized spacial score (nSPS) is 41.8. The van der Waals surface area contributed by atoms with Crippen molar-refractivity contribution in [2.45, 2.75) is 83.4 Å². The summed E-state index contributed by atoms with van der Waals surface area (Å²) in [5.74, 6) is 3.94. The quantitative estimate of drug-likeness (QED) is 0.548. The highest BCUT2D eigenvalue weighted by molar-refractivity contribution is 6.20. The summed E-state index contributed by atoms with van der Waals surface area (Å²) in [6, 6.07) is 0. The van der Waals surface area contributed by atoms with Gasteiger partial charge in [-0.15, -0.1) is 11.6 Å². The summed E-state index contributed by atoms with van der Waals surface area (Å²) in [5, 5.41) is 0.468. The van der Waals surface area contributed by atoms with Gasteiger partial charge in [0.2, 0.25) is 0 Å². The van der Waals surface area contributed by atoms with Gasteiger partial charge in [-0.1, -0.05) is 52.4 Å². The Bertz CT molecular complexity index is 238. The molecule has 1 heteroatoms. The summed E-state index contributed by atoms with van der Waals surface area (Å²) in [4.78, 5) is 0. The summed E-state index contributed by atoms with van der Waals surface area (Å²) in [6.07, 6.45) is 14.3. The van der Waals surface area contributed by atoms with E-state index in [1.54, 1.807) is 0 Å². The average Bonchev–Trinajstić information content (AvgIpc) is 2.36. The second kappa shape index (κ2) is 7.17. The molecule has 5 atom stereocenters. The molecule has 2 saturated carbocycles. The van der Waals surface area contributed by atoms with Crippen molar-refractivity contribution in [1.82, 2.24) is 0 Å². The summed E-state index contributed by atoms with van der Waals surface area (Å²) in [6.45, 7) is 4.78. The van der Waals surface area contributed by atoms with E-state index in [1.807, 2.05) is 0 Å². The first-order chi connectivity index (χ1) is 8.70. The van der Waals surface area contributed by atoms with Gasteiger partial charge >= 0.3 is 0 Å². The van der Waals surface area contributed by atoms with Gasteiger partial charge in [-0.25, -0.2) is 0 Å². The molecule has 0 radical (unpaired) electrons. The Hall–Kier alpha value is 0.290. The van der Waals surface area contributed by atoms with Crippen molar-refractivity contribution >= 4 is 11.6 Å². The van der Waals surface area contributed by atoms with Crippen molar-refractivity contribution in [1.29, 1.82) is 0 Å². The van der Waals surface area contributed by atoms with Crippen LogP contribution in [0.4, 0.5) is 0 Å². The first-order valence-corrected chi connectivity index (χ1v) is 8.78. The van der Waals surface area contributed by atoms with Crippen molar-refractivity contribution in [3.63, 3.8) is 0 Å². The van der Waals surface area contributed by atoms with Crippen molar-refractivity contribution in [3.05, 3.63) is 0 Å². The van der Waals surface area contributed by atoms with Gasteiger partial charge in [-0.2, -0.15) is 0 Å². The van der Waals surface area contributed by atoms with E-state index in [-0.39, 0.29) is 0 Å². The molecule has 0 bridgehead atoms. The summed E-state index contributed by atoms with van der Waals surface area (Å²) in [5.41, 5.74) is 0. The molecule has 0 aromatic rings. The third-order valence-electron chi connectivity index (χ3n) is 5.57. The SMILES string of the molecule is CCCCC1CCCC(C2CCC(Cl)CC2C)C1. The summed E-state index contributed by atoms with van der Waals surface area (Å²) in [7, 11) is 0. The number of hydrogen-bond acceptors (Lipinski definition) is 0. The molecular weight excluding hydrogens is 240 g/mol. The number of unbranched alkanes of at least 4 members (excludes halogenated alkanes) is 1. The van der Waals surface area contributed by atoms with E-state index in [0.717, 1.165) is 23.7 Å². The molecule has 0 aromatic carbocycles. The predicted molar refractivity (Wildman–Crippen MR) is 81.1 cm³/mol. The maximum Gasteiger partial charge on any atom is 0.0338 e. The number of rotatable bonds is 4. The minimum Gasteiger partial charge on any atom is -0.123 e. The molecule has 0 nitrogen and oxygen atoms in total. The van der Waals surface area contributed by atoms with Gasteiger partial charge < -0.3 is 0 Å². The van der Waals surface area contributed by atoms with Gasteiger partial charge in [0.05, 0.1) is 0 Å². The fourth-order valence-corrected chi connectivity index (χ4v) is 4.94. The van der Waals surface area contributed by atoms with Crippen LogP contribution in [0.2, 0.25) is 0 Å². The lowest BCUT2D eigenvalue weighted by Gasteiger charge is -2.41. The molecule has 0 N–H and O–H groups in total. The topological polar surface area (TPSA) is 0 Å². The minimum absolute atomic E-state index is 0.468. The molecule has 0 amide bonds. The maximum atomic E-state index is 6.31. The Morgan fingerprint density at radius 3 is 2.61 bits per heavy atom. The molecule has 0 aliphatic heterocycles. The molecule has 18 heavy (non-hydrogen) atoms. The second-order valence-electron chi connectivity index (χ2n) is 6.99. The van der Waals surface area contributed by atoms with Crippen LogP contribution in [0, 0.1) is 23.7 Å². The minimum atomic E-state index is 0.468. The first kappa shape index (κ1) is 14.7. The van der Waals surface area contributed by atoms with E-state index in [0.29, 0.717) is 5.38 Å². The lowest BCUT2D eigenvalue weighted by molar-refractivity contribution is 0.113. The smallest absolute Gasteiger partial charge is 0.0338 e. The van der Waals surface area contributed by atoms with Crippen molar-refractivity contribution < 1.29 is 0 Å². The highest BCUT2D eigenvalue weighted by Gasteiger charge is 2.34. The third kappa shape index (κ3) is 3.89. The van der Waals surface area contributed by atoms with Crippen molar-refractivity contribution in [3.8, 4) is 0 Å². The Kier molecular flexibility index (Phi) is 5.86. The van der Waals surface area contributed by atoms with E-state index >= 15 is 0 Å². The van der Waals surface area contributed by atoms with Crippen LogP contribution in [0.3, 0.4) is 0 Å². The molecule has 2 rings (SSSR count). The van der Waals surface area contributed by atoms with Crippen LogP contribution in [-0.2, 0) is 0 Å². The van der Waals surface area contributed by atoms with E-state index in [1.165, 1.54) is 64.2 Å². The third-order valence-corrected chi connectivity index (χ3v) is 5.96. The molecule has 0 heterocycles. The van der Waals surface area contributed by atoms with Gasteiger partial charge in [0.15, 0.2) is 0 Å². The zero-order chi connectivity index (χ0) is 13.0. The van der Waals surface area contributed by atoms with Crippen molar-refractivity contribution in [2.24, 2.45) is 23.7 Å². The molecule has 2 aliphatic carbocycles. The molecule has 2 fully saturated rings. The number of halogens is 1. The van der Waals surface area contributed by atoms with Crippen LogP contribution < -0.4 is 0 Å². The predicted octanol–water partition coefficient (Wildman–Crippen LogP) is 6.03. The van der Waals surface area contributed by atoms with Crippen LogP contribution in [0.5, 0.6) is 0 Å². The standard InChI is InChI=1S/C17H31Cl/c1-3-4-6-14-7-5-8-15(12-14)17-10-9-16(18)11-13(17)2/h13-17H,3-12H2,1-2H3. The summed E-state index contributed by atoms with van der Waals surface area (Å²) >= 11 is 6.31. The Morgan fingerprint density at radius 2 is 1.89 bits per heavy atom. The summed E-state index contributed by atoms with van der Waals surface area (Å²) < 4.78 is 0. The Balaban J connectivity index is 1.84. The first-order valence-electron chi connectivity index (χ1n) is 8.34. The van der Waals surface area contributed by atoms with Gasteiger partial charge in [0.25, 0.3) is 0 Å². The molecule has 2 aliphatic rings. The highest BCUT2D eigenvalue weighted by Crippen LogP contribution is 2.44. The van der Waals surface area contributed by atoms with Gasteiger partial charge in [0, 0.05) is 5.38 Å². The van der Waals surface area contributed by atoms with Crippen molar-refractivity contribution in [2.75, 3.05) is 0 Å². The molecule has 5 unspecified atom stereocenters. The fourth-order valence-electron chi connectivity index (χ4n) is 4.53. The van der Waals surface area contributed by atoms with Crippen LogP contribution in [0.1, 0.15) is 78.1 Å². The largest absolute Gasteiger partial charge is 0.123 e. The Labute approximate surface area is 119 Å². The van der Waals surface area contributed by atoms with E-state index in [4.69, 9.17) is 11.6 Å².